The number of aliphatic hydroxyl groups excluding tert-OH is 1. The van der Waals surface area contributed by atoms with E-state index >= 15 is 0 Å². The maximum absolute atomic E-state index is 12.9. The maximum Gasteiger partial charge on any atom is 0.191 e. The summed E-state index contributed by atoms with van der Waals surface area (Å²) in [7, 11) is 0. The van der Waals surface area contributed by atoms with E-state index in [-0.39, 0.29) is 5.56 Å². The fraction of sp³-hybridized carbons (Fsp3) is 0.125. The zero-order chi connectivity index (χ0) is 9.14. The van der Waals surface area contributed by atoms with Crippen LogP contribution in [0.15, 0.2) is 22.7 Å². The van der Waals surface area contributed by atoms with E-state index in [1.54, 1.807) is 6.07 Å². The predicted molar refractivity (Wildman–Crippen MR) is 45.5 cm³/mol. The Bertz CT molecular complexity index is 312. The molecule has 0 aliphatic rings. The van der Waals surface area contributed by atoms with E-state index in [0.717, 1.165) is 0 Å². The number of carbonyl (C=O) groups excluding carboxylic acids is 1. The van der Waals surface area contributed by atoms with Gasteiger partial charge in [0.1, 0.15) is 12.4 Å². The Hall–Kier alpha value is -0.740. The Morgan fingerprint density at radius 1 is 1.58 bits per heavy atom. The van der Waals surface area contributed by atoms with Gasteiger partial charge >= 0.3 is 0 Å². The third kappa shape index (κ3) is 1.89. The van der Waals surface area contributed by atoms with Crippen molar-refractivity contribution in [3.05, 3.63) is 34.1 Å². The lowest BCUT2D eigenvalue weighted by Gasteiger charge is -1.99. The minimum absolute atomic E-state index is 0.0827. The molecule has 1 N–H and O–H groups in total. The van der Waals surface area contributed by atoms with Crippen LogP contribution in [0.4, 0.5) is 4.39 Å². The molecule has 12 heavy (non-hydrogen) atoms. The Labute approximate surface area is 77.2 Å². The zero-order valence-electron chi connectivity index (χ0n) is 6.05. The van der Waals surface area contributed by atoms with E-state index in [1.165, 1.54) is 12.1 Å². The van der Waals surface area contributed by atoms with Crippen molar-refractivity contribution < 1.29 is 14.3 Å². The fourth-order valence-corrected chi connectivity index (χ4v) is 1.13. The molecule has 0 unspecified atom stereocenters. The first-order valence-corrected chi connectivity index (χ1v) is 4.03. The van der Waals surface area contributed by atoms with E-state index in [4.69, 9.17) is 5.11 Å². The summed E-state index contributed by atoms with van der Waals surface area (Å²) in [6.45, 7) is -0.668. The Morgan fingerprint density at radius 2 is 2.25 bits per heavy atom. The molecule has 0 spiro atoms. The summed E-state index contributed by atoms with van der Waals surface area (Å²) in [6, 6.07) is 4.06. The molecule has 4 heteroatoms. The standard InChI is InChI=1S/C8H6BrFO2/c9-5-1-2-6(7(10)3-5)8(12)4-11/h1-3,11H,4H2. The lowest BCUT2D eigenvalue weighted by Crippen LogP contribution is -2.06. The molecule has 64 valence electrons. The van der Waals surface area contributed by atoms with Crippen molar-refractivity contribution in [2.45, 2.75) is 0 Å². The summed E-state index contributed by atoms with van der Waals surface area (Å²) in [4.78, 5) is 10.8. The van der Waals surface area contributed by atoms with Gasteiger partial charge in [0.2, 0.25) is 0 Å². The minimum atomic E-state index is -0.668. The highest BCUT2D eigenvalue weighted by atomic mass is 79.9. The van der Waals surface area contributed by atoms with E-state index in [9.17, 15) is 9.18 Å². The lowest BCUT2D eigenvalue weighted by molar-refractivity contribution is 0.0899. The number of aliphatic hydroxyl groups is 1. The molecule has 0 aliphatic heterocycles. The molecule has 1 rings (SSSR count). The number of hydrogen-bond donors (Lipinski definition) is 1. The number of hydrogen-bond acceptors (Lipinski definition) is 2. The van der Waals surface area contributed by atoms with Crippen molar-refractivity contribution in [1.82, 2.24) is 0 Å². The van der Waals surface area contributed by atoms with E-state index < -0.39 is 18.2 Å². The van der Waals surface area contributed by atoms with Crippen LogP contribution in [0.1, 0.15) is 10.4 Å². The van der Waals surface area contributed by atoms with E-state index in [1.807, 2.05) is 0 Å². The number of rotatable bonds is 2. The topological polar surface area (TPSA) is 37.3 Å². The van der Waals surface area contributed by atoms with Crippen molar-refractivity contribution in [3.8, 4) is 0 Å². The number of ketones is 1. The van der Waals surface area contributed by atoms with Crippen molar-refractivity contribution in [3.63, 3.8) is 0 Å². The molecule has 0 saturated carbocycles. The van der Waals surface area contributed by atoms with E-state index in [0.29, 0.717) is 4.47 Å². The maximum atomic E-state index is 12.9. The van der Waals surface area contributed by atoms with Gasteiger partial charge in [-0.15, -0.1) is 0 Å². The minimum Gasteiger partial charge on any atom is -0.388 e. The highest BCUT2D eigenvalue weighted by Gasteiger charge is 2.09. The predicted octanol–water partition coefficient (Wildman–Crippen LogP) is 1.76. The van der Waals surface area contributed by atoms with Crippen LogP contribution in [0, 0.1) is 5.82 Å². The van der Waals surface area contributed by atoms with Crippen LogP contribution in [-0.2, 0) is 0 Å². The number of carbonyl (C=O) groups is 1. The Kier molecular flexibility index (Phi) is 2.94. The molecule has 0 heterocycles. The normalized spacial score (nSPS) is 9.92. The molecule has 0 bridgehead atoms. The SMILES string of the molecule is O=C(CO)c1ccc(Br)cc1F. The average Bonchev–Trinajstić information content (AvgIpc) is 2.03. The lowest BCUT2D eigenvalue weighted by atomic mass is 10.1. The summed E-state index contributed by atoms with van der Waals surface area (Å²) >= 11 is 3.05. The van der Waals surface area contributed by atoms with Crippen LogP contribution in [-0.4, -0.2) is 17.5 Å². The average molecular weight is 233 g/mol. The number of benzene rings is 1. The quantitative estimate of drug-likeness (QED) is 0.790. The van der Waals surface area contributed by atoms with Crippen LogP contribution in [0.2, 0.25) is 0 Å². The molecule has 1 aromatic carbocycles. The van der Waals surface area contributed by atoms with Crippen molar-refractivity contribution in [2.24, 2.45) is 0 Å². The van der Waals surface area contributed by atoms with Crippen LogP contribution in [0.3, 0.4) is 0 Å². The van der Waals surface area contributed by atoms with Crippen LogP contribution < -0.4 is 0 Å². The highest BCUT2D eigenvalue weighted by Crippen LogP contribution is 2.15. The Balaban J connectivity index is 3.09. The molecule has 0 aromatic heterocycles. The van der Waals surface area contributed by atoms with Crippen molar-refractivity contribution >= 4 is 21.7 Å². The summed E-state index contributed by atoms with van der Waals surface area (Å²) in [5.41, 5.74) is -0.0827. The summed E-state index contributed by atoms with van der Waals surface area (Å²) < 4.78 is 13.5. The van der Waals surface area contributed by atoms with Crippen LogP contribution in [0.5, 0.6) is 0 Å². The second kappa shape index (κ2) is 3.78. The molecule has 2 nitrogen and oxygen atoms in total. The second-order valence-electron chi connectivity index (χ2n) is 2.21. The Morgan fingerprint density at radius 3 is 2.75 bits per heavy atom. The van der Waals surface area contributed by atoms with Gasteiger partial charge in [-0.2, -0.15) is 0 Å². The van der Waals surface area contributed by atoms with Gasteiger partial charge in [-0.3, -0.25) is 4.79 Å². The van der Waals surface area contributed by atoms with E-state index in [2.05, 4.69) is 15.9 Å². The highest BCUT2D eigenvalue weighted by molar-refractivity contribution is 9.10. The van der Waals surface area contributed by atoms with Crippen LogP contribution in [0.25, 0.3) is 0 Å². The van der Waals surface area contributed by atoms with Gasteiger partial charge in [0.25, 0.3) is 0 Å². The van der Waals surface area contributed by atoms with Crippen LogP contribution >= 0.6 is 15.9 Å². The van der Waals surface area contributed by atoms with Gasteiger partial charge in [0.15, 0.2) is 5.78 Å². The van der Waals surface area contributed by atoms with Crippen molar-refractivity contribution in [1.29, 1.82) is 0 Å². The largest absolute Gasteiger partial charge is 0.388 e. The molecule has 0 atom stereocenters. The first kappa shape index (κ1) is 9.35. The monoisotopic (exact) mass is 232 g/mol. The third-order valence-corrected chi connectivity index (χ3v) is 1.87. The summed E-state index contributed by atoms with van der Waals surface area (Å²) in [5, 5.41) is 8.45. The second-order valence-corrected chi connectivity index (χ2v) is 3.12. The molecule has 0 fully saturated rings. The summed E-state index contributed by atoms with van der Waals surface area (Å²) in [5.74, 6) is -1.23. The van der Waals surface area contributed by atoms with Gasteiger partial charge in [-0.05, 0) is 18.2 Å². The molecule has 0 amide bonds. The number of halogens is 2. The molecule has 1 aromatic rings. The fourth-order valence-electron chi connectivity index (χ4n) is 0.801. The molecule has 0 saturated heterocycles. The van der Waals surface area contributed by atoms with Gasteiger partial charge in [0, 0.05) is 4.47 Å². The van der Waals surface area contributed by atoms with Gasteiger partial charge in [0.05, 0.1) is 5.56 Å². The van der Waals surface area contributed by atoms with Crippen molar-refractivity contribution in [2.75, 3.05) is 6.61 Å². The zero-order valence-corrected chi connectivity index (χ0v) is 7.64. The molecular formula is C8H6BrFO2. The first-order chi connectivity index (χ1) is 5.65. The summed E-state index contributed by atoms with van der Waals surface area (Å²) in [6.07, 6.45) is 0. The molecule has 0 aliphatic carbocycles. The van der Waals surface area contributed by atoms with Gasteiger partial charge in [-0.25, -0.2) is 4.39 Å². The first-order valence-electron chi connectivity index (χ1n) is 3.24. The molecule has 0 radical (unpaired) electrons. The van der Waals surface area contributed by atoms with Gasteiger partial charge in [-0.1, -0.05) is 15.9 Å². The number of Topliss-reactive ketones (excluding diaryl/α,β-unsaturated/α-hetero) is 1. The third-order valence-electron chi connectivity index (χ3n) is 1.38. The van der Waals surface area contributed by atoms with Gasteiger partial charge < -0.3 is 5.11 Å². The smallest absolute Gasteiger partial charge is 0.191 e. The molecular weight excluding hydrogens is 227 g/mol.